The van der Waals surface area contributed by atoms with Crippen LogP contribution in [0.5, 0.6) is 5.75 Å². The molecule has 104 valence electrons. The van der Waals surface area contributed by atoms with Gasteiger partial charge in [0.2, 0.25) is 0 Å². The van der Waals surface area contributed by atoms with E-state index in [0.29, 0.717) is 12.5 Å². The van der Waals surface area contributed by atoms with Crippen molar-refractivity contribution in [3.8, 4) is 5.75 Å². The van der Waals surface area contributed by atoms with Crippen LogP contribution in [0.1, 0.15) is 19.8 Å². The van der Waals surface area contributed by atoms with Gasteiger partial charge in [-0.05, 0) is 44.0 Å². The van der Waals surface area contributed by atoms with Crippen molar-refractivity contribution in [2.75, 3.05) is 25.6 Å². The van der Waals surface area contributed by atoms with Crippen LogP contribution in [-0.4, -0.2) is 31.8 Å². The molecule has 0 aliphatic carbocycles. The third-order valence-electron chi connectivity index (χ3n) is 3.25. The molecule has 0 aromatic heterocycles. The fraction of sp³-hybridized carbons (Fsp3) is 0.500. The maximum Gasteiger partial charge on any atom is 0.193 e. The highest BCUT2D eigenvalue weighted by molar-refractivity contribution is 5.92. The molecular weight excluding hydrogens is 242 g/mol. The van der Waals surface area contributed by atoms with Crippen molar-refractivity contribution >= 4 is 11.6 Å². The lowest BCUT2D eigenvalue weighted by atomic mass is 10.0. The minimum absolute atomic E-state index is 0.161. The Labute approximate surface area is 113 Å². The molecule has 1 saturated heterocycles. The Kier molecular flexibility index (Phi) is 4.27. The quantitative estimate of drug-likeness (QED) is 0.644. The van der Waals surface area contributed by atoms with E-state index in [9.17, 15) is 0 Å². The maximum atomic E-state index is 5.87. The Balaban J connectivity index is 1.90. The summed E-state index contributed by atoms with van der Waals surface area (Å²) in [5.41, 5.74) is 6.59. The van der Waals surface area contributed by atoms with E-state index in [0.717, 1.165) is 30.9 Å². The van der Waals surface area contributed by atoms with Crippen LogP contribution in [0.25, 0.3) is 0 Å². The Bertz CT molecular complexity index is 437. The molecule has 5 nitrogen and oxygen atoms in total. The number of nitrogens with zero attached hydrogens (tertiary/aromatic N) is 1. The number of aliphatic imine (C=N–C) groups is 1. The van der Waals surface area contributed by atoms with Crippen molar-refractivity contribution in [3.63, 3.8) is 0 Å². The summed E-state index contributed by atoms with van der Waals surface area (Å²) in [6.07, 6.45) is 2.13. The summed E-state index contributed by atoms with van der Waals surface area (Å²) in [5.74, 6) is 1.22. The van der Waals surface area contributed by atoms with E-state index < -0.39 is 0 Å². The van der Waals surface area contributed by atoms with Gasteiger partial charge in [-0.1, -0.05) is 0 Å². The molecule has 1 heterocycles. The number of guanidine groups is 1. The van der Waals surface area contributed by atoms with Gasteiger partial charge in [-0.3, -0.25) is 4.99 Å². The Morgan fingerprint density at radius 3 is 2.79 bits per heavy atom. The molecule has 0 radical (unpaired) electrons. The molecule has 0 amide bonds. The highest BCUT2D eigenvalue weighted by Crippen LogP contribution is 2.25. The summed E-state index contributed by atoms with van der Waals surface area (Å²) < 4.78 is 10.8. The van der Waals surface area contributed by atoms with Crippen LogP contribution in [0.4, 0.5) is 5.69 Å². The number of hydrogen-bond acceptors (Lipinski definition) is 3. The van der Waals surface area contributed by atoms with E-state index in [1.807, 2.05) is 24.3 Å². The van der Waals surface area contributed by atoms with Crippen LogP contribution < -0.4 is 15.8 Å². The summed E-state index contributed by atoms with van der Waals surface area (Å²) in [5, 5.41) is 3.05. The molecule has 19 heavy (non-hydrogen) atoms. The second kappa shape index (κ2) is 5.93. The van der Waals surface area contributed by atoms with Gasteiger partial charge in [0, 0.05) is 12.3 Å². The van der Waals surface area contributed by atoms with E-state index >= 15 is 0 Å². The second-order valence-corrected chi connectivity index (χ2v) is 4.96. The van der Waals surface area contributed by atoms with Crippen molar-refractivity contribution in [1.82, 2.24) is 0 Å². The fourth-order valence-electron chi connectivity index (χ4n) is 2.08. The SMILES string of the molecule is COc1ccc(NC(N)=NCC2(C)CCCO2)cc1. The van der Waals surface area contributed by atoms with Gasteiger partial charge in [-0.2, -0.15) is 0 Å². The van der Waals surface area contributed by atoms with Gasteiger partial charge in [-0.25, -0.2) is 0 Å². The standard InChI is InChI=1S/C14H21N3O2/c1-14(8-3-9-19-14)10-16-13(15)17-11-4-6-12(18-2)7-5-11/h4-7H,3,8-10H2,1-2H3,(H3,15,16,17). The number of benzene rings is 1. The molecule has 2 rings (SSSR count). The maximum absolute atomic E-state index is 5.87. The fourth-order valence-corrected chi connectivity index (χ4v) is 2.08. The largest absolute Gasteiger partial charge is 0.497 e. The molecule has 1 atom stereocenters. The van der Waals surface area contributed by atoms with Gasteiger partial charge in [0.15, 0.2) is 5.96 Å². The van der Waals surface area contributed by atoms with Crippen molar-refractivity contribution in [2.24, 2.45) is 10.7 Å². The molecule has 0 bridgehead atoms. The van der Waals surface area contributed by atoms with E-state index in [1.165, 1.54) is 0 Å². The summed E-state index contributed by atoms with van der Waals surface area (Å²) in [4.78, 5) is 4.34. The smallest absolute Gasteiger partial charge is 0.193 e. The number of ether oxygens (including phenoxy) is 2. The Hall–Kier alpha value is -1.75. The molecule has 1 fully saturated rings. The number of nitrogens with one attached hydrogen (secondary N) is 1. The highest BCUT2D eigenvalue weighted by Gasteiger charge is 2.29. The van der Waals surface area contributed by atoms with E-state index in [4.69, 9.17) is 15.2 Å². The third-order valence-corrected chi connectivity index (χ3v) is 3.25. The second-order valence-electron chi connectivity index (χ2n) is 4.96. The van der Waals surface area contributed by atoms with Gasteiger partial charge in [-0.15, -0.1) is 0 Å². The van der Waals surface area contributed by atoms with Crippen molar-refractivity contribution in [1.29, 1.82) is 0 Å². The lowest BCUT2D eigenvalue weighted by molar-refractivity contribution is 0.0284. The van der Waals surface area contributed by atoms with Crippen molar-refractivity contribution in [2.45, 2.75) is 25.4 Å². The number of nitrogens with two attached hydrogens (primary N) is 1. The zero-order chi connectivity index (χ0) is 13.7. The average molecular weight is 263 g/mol. The molecule has 1 aromatic carbocycles. The number of rotatable bonds is 4. The van der Waals surface area contributed by atoms with Crippen LogP contribution in [0.3, 0.4) is 0 Å². The summed E-state index contributed by atoms with van der Waals surface area (Å²) in [6.45, 7) is 3.48. The van der Waals surface area contributed by atoms with E-state index in [-0.39, 0.29) is 5.60 Å². The topological polar surface area (TPSA) is 68.9 Å². The van der Waals surface area contributed by atoms with Crippen LogP contribution in [0.15, 0.2) is 29.3 Å². The van der Waals surface area contributed by atoms with E-state index in [1.54, 1.807) is 7.11 Å². The minimum atomic E-state index is -0.161. The van der Waals surface area contributed by atoms with Crippen LogP contribution in [0, 0.1) is 0 Å². The molecule has 1 aliphatic rings. The first-order valence-electron chi connectivity index (χ1n) is 6.46. The normalized spacial score (nSPS) is 23.4. The van der Waals surface area contributed by atoms with Gasteiger partial charge in [0.05, 0.1) is 19.3 Å². The van der Waals surface area contributed by atoms with Gasteiger partial charge in [0.1, 0.15) is 5.75 Å². The zero-order valence-electron chi connectivity index (χ0n) is 11.5. The monoisotopic (exact) mass is 263 g/mol. The Morgan fingerprint density at radius 1 is 1.47 bits per heavy atom. The number of anilines is 1. The average Bonchev–Trinajstić information content (AvgIpc) is 2.85. The Morgan fingerprint density at radius 2 is 2.21 bits per heavy atom. The molecule has 0 saturated carbocycles. The molecule has 1 unspecified atom stereocenters. The van der Waals surface area contributed by atoms with Gasteiger partial charge >= 0.3 is 0 Å². The van der Waals surface area contributed by atoms with Crippen LogP contribution in [0.2, 0.25) is 0 Å². The summed E-state index contributed by atoms with van der Waals surface area (Å²) in [6, 6.07) is 7.54. The first-order chi connectivity index (χ1) is 9.11. The molecule has 0 spiro atoms. The van der Waals surface area contributed by atoms with Crippen molar-refractivity contribution in [3.05, 3.63) is 24.3 Å². The van der Waals surface area contributed by atoms with Crippen molar-refractivity contribution < 1.29 is 9.47 Å². The number of hydrogen-bond donors (Lipinski definition) is 2. The molecule has 1 aromatic rings. The predicted octanol–water partition coefficient (Wildman–Crippen LogP) is 1.99. The first kappa shape index (κ1) is 13.7. The number of methoxy groups -OCH3 is 1. The molecule has 1 aliphatic heterocycles. The van der Waals surface area contributed by atoms with Crippen LogP contribution >= 0.6 is 0 Å². The zero-order valence-corrected chi connectivity index (χ0v) is 11.5. The third kappa shape index (κ3) is 3.86. The van der Waals surface area contributed by atoms with Gasteiger partial charge in [0.25, 0.3) is 0 Å². The van der Waals surface area contributed by atoms with E-state index in [2.05, 4.69) is 17.2 Å². The molecule has 3 N–H and O–H groups in total. The van der Waals surface area contributed by atoms with Gasteiger partial charge < -0.3 is 20.5 Å². The minimum Gasteiger partial charge on any atom is -0.497 e. The lowest BCUT2D eigenvalue weighted by Crippen LogP contribution is -2.30. The summed E-state index contributed by atoms with van der Waals surface area (Å²) in [7, 11) is 1.64. The summed E-state index contributed by atoms with van der Waals surface area (Å²) >= 11 is 0. The highest BCUT2D eigenvalue weighted by atomic mass is 16.5. The first-order valence-corrected chi connectivity index (χ1v) is 6.46. The van der Waals surface area contributed by atoms with Crippen LogP contribution in [-0.2, 0) is 4.74 Å². The molecular formula is C14H21N3O2. The predicted molar refractivity (Wildman–Crippen MR) is 76.7 cm³/mol. The lowest BCUT2D eigenvalue weighted by Gasteiger charge is -2.20. The molecule has 5 heteroatoms.